The Kier molecular flexibility index (Phi) is 7.97. The van der Waals surface area contributed by atoms with Crippen molar-refractivity contribution in [3.8, 4) is 5.75 Å². The molecule has 0 radical (unpaired) electrons. The van der Waals surface area contributed by atoms with Crippen molar-refractivity contribution < 1.29 is 24.2 Å². The van der Waals surface area contributed by atoms with E-state index in [9.17, 15) is 14.4 Å². The number of hydrogen-bond acceptors (Lipinski definition) is 6. The molecule has 0 aliphatic carbocycles. The van der Waals surface area contributed by atoms with Crippen LogP contribution in [0.3, 0.4) is 0 Å². The third-order valence-corrected chi connectivity index (χ3v) is 5.98. The van der Waals surface area contributed by atoms with Gasteiger partial charge in [-0.25, -0.2) is 4.99 Å². The number of aliphatic carboxylic acids is 1. The minimum atomic E-state index is -1.01. The summed E-state index contributed by atoms with van der Waals surface area (Å²) < 4.78 is 5.87. The molecule has 0 spiro atoms. The van der Waals surface area contributed by atoms with Crippen molar-refractivity contribution in [3.05, 3.63) is 59.7 Å². The van der Waals surface area contributed by atoms with E-state index in [-0.39, 0.29) is 18.4 Å². The van der Waals surface area contributed by atoms with Crippen molar-refractivity contribution in [1.82, 2.24) is 15.1 Å². The lowest BCUT2D eigenvalue weighted by Gasteiger charge is -2.23. The molecule has 0 bridgehead atoms. The van der Waals surface area contributed by atoms with E-state index in [0.717, 1.165) is 41.8 Å². The van der Waals surface area contributed by atoms with E-state index in [0.29, 0.717) is 45.0 Å². The number of unbranched alkanes of at least 4 members (excludes halogenated alkanes) is 3. The summed E-state index contributed by atoms with van der Waals surface area (Å²) in [6.07, 6.45) is 3.68. The zero-order valence-corrected chi connectivity index (χ0v) is 19.6. The first-order valence-electron chi connectivity index (χ1n) is 11.9. The third-order valence-electron chi connectivity index (χ3n) is 5.98. The second kappa shape index (κ2) is 11.5. The van der Waals surface area contributed by atoms with Gasteiger partial charge in [0.1, 0.15) is 18.8 Å². The van der Waals surface area contributed by atoms with Crippen LogP contribution in [0.1, 0.15) is 43.2 Å². The van der Waals surface area contributed by atoms with Crippen LogP contribution in [0.25, 0.3) is 0 Å². The number of hydrogen-bond donors (Lipinski definition) is 2. The minimum Gasteiger partial charge on any atom is -0.494 e. The topological polar surface area (TPSA) is 112 Å². The van der Waals surface area contributed by atoms with Crippen molar-refractivity contribution in [2.45, 2.75) is 45.2 Å². The van der Waals surface area contributed by atoms with Crippen LogP contribution in [-0.2, 0) is 27.5 Å². The van der Waals surface area contributed by atoms with E-state index >= 15 is 0 Å². The van der Waals surface area contributed by atoms with Gasteiger partial charge in [0.2, 0.25) is 17.8 Å². The Bertz CT molecular complexity index is 1100. The van der Waals surface area contributed by atoms with Crippen LogP contribution >= 0.6 is 0 Å². The van der Waals surface area contributed by atoms with Crippen LogP contribution < -0.4 is 10.1 Å². The summed E-state index contributed by atoms with van der Waals surface area (Å²) in [5, 5.41) is 11.9. The molecule has 2 aromatic rings. The molecule has 1 saturated heterocycles. The van der Waals surface area contributed by atoms with E-state index in [1.54, 1.807) is 0 Å². The van der Waals surface area contributed by atoms with Crippen molar-refractivity contribution >= 4 is 29.4 Å². The predicted octanol–water partition coefficient (Wildman–Crippen LogP) is 3.06. The van der Waals surface area contributed by atoms with Crippen LogP contribution in [-0.4, -0.2) is 58.3 Å². The summed E-state index contributed by atoms with van der Waals surface area (Å²) >= 11 is 0. The van der Waals surface area contributed by atoms with Gasteiger partial charge in [0, 0.05) is 25.6 Å². The molecule has 2 heterocycles. The Morgan fingerprint density at radius 1 is 1.06 bits per heavy atom. The molecule has 9 heteroatoms. The lowest BCUT2D eigenvalue weighted by molar-refractivity contribution is -0.145. The van der Waals surface area contributed by atoms with Gasteiger partial charge in [-0.2, -0.15) is 0 Å². The highest BCUT2D eigenvalue weighted by Gasteiger charge is 2.29. The molecule has 1 fully saturated rings. The fraction of sp³-hybridized carbons (Fsp3) is 0.385. The molecule has 4 rings (SSSR count). The molecule has 184 valence electrons. The molecule has 2 N–H and O–H groups in total. The van der Waals surface area contributed by atoms with Crippen LogP contribution in [0.5, 0.6) is 5.75 Å². The number of amides is 2. The molecule has 0 saturated carbocycles. The number of carboxylic acid groups (broad SMARTS) is 1. The summed E-state index contributed by atoms with van der Waals surface area (Å²) in [6, 6.07) is 15.2. The number of fused-ring (bicyclic) bond motifs is 2. The van der Waals surface area contributed by atoms with Crippen molar-refractivity contribution in [2.75, 3.05) is 19.7 Å². The van der Waals surface area contributed by atoms with Crippen LogP contribution in [0.2, 0.25) is 0 Å². The van der Waals surface area contributed by atoms with Crippen molar-refractivity contribution in [2.24, 2.45) is 4.99 Å². The molecule has 2 aliphatic rings. The Labute approximate surface area is 204 Å². The fourth-order valence-electron chi connectivity index (χ4n) is 4.19. The number of carbonyl (C=O) groups is 3. The Balaban J connectivity index is 1.15. The van der Waals surface area contributed by atoms with E-state index in [2.05, 4.69) is 10.3 Å². The molecule has 9 nitrogen and oxygen atoms in total. The van der Waals surface area contributed by atoms with Gasteiger partial charge in [-0.3, -0.25) is 19.7 Å². The monoisotopic (exact) mass is 478 g/mol. The van der Waals surface area contributed by atoms with Crippen LogP contribution in [0.4, 0.5) is 5.69 Å². The van der Waals surface area contributed by atoms with Crippen LogP contribution in [0, 0.1) is 0 Å². The number of aliphatic imine (C=N–C) groups is 1. The van der Waals surface area contributed by atoms with Gasteiger partial charge >= 0.3 is 5.97 Å². The van der Waals surface area contributed by atoms with E-state index in [1.807, 2.05) is 53.4 Å². The Morgan fingerprint density at radius 2 is 1.86 bits per heavy atom. The lowest BCUT2D eigenvalue weighted by Crippen LogP contribution is -2.35. The molecule has 35 heavy (non-hydrogen) atoms. The van der Waals surface area contributed by atoms with Crippen molar-refractivity contribution in [1.29, 1.82) is 0 Å². The summed E-state index contributed by atoms with van der Waals surface area (Å²) in [6.45, 7) is 1.56. The van der Waals surface area contributed by atoms with Gasteiger partial charge in [0.05, 0.1) is 12.3 Å². The maximum absolute atomic E-state index is 12.6. The number of nitrogens with zero attached hydrogens (tertiary/aromatic N) is 3. The van der Waals surface area contributed by atoms with Gasteiger partial charge in [0.25, 0.3) is 0 Å². The standard InChI is InChI=1S/C26H30N4O5/c31-23-17-30-16-20-11-12-21(14-22(20)27-26(30)28-23)35-13-7-2-1-6-10-24(32)29(18-25(33)34)15-19-8-4-3-5-9-19/h3-5,8-9,11-12,14H,1-2,6-7,10,13,15-18H2,(H,33,34)(H,27,28,31). The number of guanidine groups is 1. The molecule has 0 atom stereocenters. The number of carboxylic acids is 1. The van der Waals surface area contributed by atoms with Gasteiger partial charge in [0.15, 0.2) is 0 Å². The van der Waals surface area contributed by atoms with Crippen molar-refractivity contribution in [3.63, 3.8) is 0 Å². The molecular weight excluding hydrogens is 448 g/mol. The molecule has 2 aromatic carbocycles. The zero-order valence-electron chi connectivity index (χ0n) is 19.6. The van der Waals surface area contributed by atoms with Gasteiger partial charge in [-0.05, 0) is 30.0 Å². The van der Waals surface area contributed by atoms with Gasteiger partial charge < -0.3 is 19.6 Å². The summed E-state index contributed by atoms with van der Waals surface area (Å²) in [4.78, 5) is 43.1. The first-order chi connectivity index (χ1) is 17.0. The maximum Gasteiger partial charge on any atom is 0.323 e. The largest absolute Gasteiger partial charge is 0.494 e. The molecular formula is C26H30N4O5. The van der Waals surface area contributed by atoms with E-state index in [1.165, 1.54) is 4.90 Å². The quantitative estimate of drug-likeness (QED) is 0.454. The van der Waals surface area contributed by atoms with E-state index < -0.39 is 5.97 Å². The molecule has 0 unspecified atom stereocenters. The lowest BCUT2D eigenvalue weighted by atomic mass is 10.1. The second-order valence-electron chi connectivity index (χ2n) is 8.77. The van der Waals surface area contributed by atoms with Gasteiger partial charge in [-0.1, -0.05) is 49.2 Å². The number of benzene rings is 2. The Hall–Kier alpha value is -3.88. The summed E-state index contributed by atoms with van der Waals surface area (Å²) in [5.41, 5.74) is 2.79. The number of rotatable bonds is 12. The zero-order chi connectivity index (χ0) is 24.6. The molecule has 2 amide bonds. The van der Waals surface area contributed by atoms with Gasteiger partial charge in [-0.15, -0.1) is 0 Å². The average molecular weight is 479 g/mol. The fourth-order valence-corrected chi connectivity index (χ4v) is 4.19. The highest BCUT2D eigenvalue weighted by molar-refractivity contribution is 6.05. The number of ether oxygens (including phenoxy) is 1. The number of nitrogens with one attached hydrogen (secondary N) is 1. The summed E-state index contributed by atoms with van der Waals surface area (Å²) in [7, 11) is 0. The first-order valence-corrected chi connectivity index (χ1v) is 11.9. The third kappa shape index (κ3) is 6.81. The smallest absolute Gasteiger partial charge is 0.323 e. The van der Waals surface area contributed by atoms with Crippen LogP contribution in [0.15, 0.2) is 53.5 Å². The maximum atomic E-state index is 12.6. The number of carbonyl (C=O) groups excluding carboxylic acids is 2. The molecule has 2 aliphatic heterocycles. The summed E-state index contributed by atoms with van der Waals surface area (Å²) in [5.74, 6) is 0.150. The normalized spacial score (nSPS) is 14.0. The Morgan fingerprint density at radius 3 is 2.66 bits per heavy atom. The first kappa shape index (κ1) is 24.3. The minimum absolute atomic E-state index is 0.0412. The molecule has 0 aromatic heterocycles. The highest BCUT2D eigenvalue weighted by Crippen LogP contribution is 2.30. The highest BCUT2D eigenvalue weighted by atomic mass is 16.5. The van der Waals surface area contributed by atoms with E-state index in [4.69, 9.17) is 9.84 Å². The predicted molar refractivity (Wildman–Crippen MR) is 130 cm³/mol. The SMILES string of the molecule is O=C(O)CN(Cc1ccccc1)C(=O)CCCCCCOc1ccc2c(c1)N=C1NC(=O)CN1C2. The second-order valence-corrected chi connectivity index (χ2v) is 8.77. The average Bonchev–Trinajstić information content (AvgIpc) is 3.20.